The number of carbonyl (C=O) groups is 1. The molecule has 0 aliphatic carbocycles. The van der Waals surface area contributed by atoms with Gasteiger partial charge in [0.05, 0.1) is 12.8 Å². The predicted molar refractivity (Wildman–Crippen MR) is 97.8 cm³/mol. The number of hydrogen-bond acceptors (Lipinski definition) is 3. The molecule has 1 aliphatic rings. The summed E-state index contributed by atoms with van der Waals surface area (Å²) in [6.45, 7) is 0. The second kappa shape index (κ2) is 6.53. The number of hydrogen-bond donors (Lipinski definition) is 1. The molecule has 0 bridgehead atoms. The van der Waals surface area contributed by atoms with Gasteiger partial charge < -0.3 is 10.1 Å². The molecule has 4 rings (SSSR count). The molecule has 3 nitrogen and oxygen atoms in total. The van der Waals surface area contributed by atoms with E-state index in [4.69, 9.17) is 4.74 Å². The van der Waals surface area contributed by atoms with E-state index in [-0.39, 0.29) is 17.9 Å². The van der Waals surface area contributed by atoms with Crippen molar-refractivity contribution < 1.29 is 18.3 Å². The summed E-state index contributed by atoms with van der Waals surface area (Å²) < 4.78 is 33.1. The molecule has 1 atom stereocenters. The van der Waals surface area contributed by atoms with Crippen LogP contribution in [0.3, 0.4) is 0 Å². The smallest absolute Gasteiger partial charge is 0.225 e. The number of halogens is 2. The van der Waals surface area contributed by atoms with E-state index in [1.165, 1.54) is 23.5 Å². The van der Waals surface area contributed by atoms with Gasteiger partial charge in [0.25, 0.3) is 0 Å². The van der Waals surface area contributed by atoms with Crippen molar-refractivity contribution in [3.8, 4) is 16.9 Å². The third-order valence-electron chi connectivity index (χ3n) is 4.55. The molecular formula is C20H15F2NO2S. The Kier molecular flexibility index (Phi) is 4.20. The molecule has 26 heavy (non-hydrogen) atoms. The summed E-state index contributed by atoms with van der Waals surface area (Å²) in [4.78, 5) is 13.1. The summed E-state index contributed by atoms with van der Waals surface area (Å²) >= 11 is 1.44. The lowest BCUT2D eigenvalue weighted by molar-refractivity contribution is -0.116. The van der Waals surface area contributed by atoms with Crippen molar-refractivity contribution in [1.29, 1.82) is 0 Å². The van der Waals surface area contributed by atoms with Crippen LogP contribution in [0.2, 0.25) is 0 Å². The zero-order valence-electron chi connectivity index (χ0n) is 13.9. The van der Waals surface area contributed by atoms with E-state index in [2.05, 4.69) is 5.32 Å². The Labute approximate surface area is 153 Å². The van der Waals surface area contributed by atoms with E-state index in [1.807, 2.05) is 29.6 Å². The Bertz CT molecular complexity index is 982. The highest BCUT2D eigenvalue weighted by atomic mass is 32.1. The highest BCUT2D eigenvalue weighted by Gasteiger charge is 2.32. The van der Waals surface area contributed by atoms with Gasteiger partial charge in [0.15, 0.2) is 11.6 Å². The maximum atomic E-state index is 14.3. The normalized spacial score (nSPS) is 16.1. The van der Waals surface area contributed by atoms with Gasteiger partial charge >= 0.3 is 0 Å². The van der Waals surface area contributed by atoms with Gasteiger partial charge in [-0.05, 0) is 29.3 Å². The van der Waals surface area contributed by atoms with E-state index in [1.54, 1.807) is 7.11 Å². The molecule has 1 amide bonds. The average molecular weight is 371 g/mol. The molecule has 1 aromatic heterocycles. The van der Waals surface area contributed by atoms with E-state index < -0.39 is 17.6 Å². The van der Waals surface area contributed by atoms with Gasteiger partial charge in [0.2, 0.25) is 5.91 Å². The highest BCUT2D eigenvalue weighted by molar-refractivity contribution is 7.11. The van der Waals surface area contributed by atoms with Crippen molar-refractivity contribution in [2.24, 2.45) is 0 Å². The molecule has 0 unspecified atom stereocenters. The van der Waals surface area contributed by atoms with Gasteiger partial charge in [-0.1, -0.05) is 24.3 Å². The third-order valence-corrected chi connectivity index (χ3v) is 5.64. The topological polar surface area (TPSA) is 38.3 Å². The molecule has 0 fully saturated rings. The molecule has 0 radical (unpaired) electrons. The summed E-state index contributed by atoms with van der Waals surface area (Å²) in [5.74, 6) is -1.76. The molecule has 0 saturated heterocycles. The number of thiophene rings is 1. The van der Waals surface area contributed by atoms with Crippen LogP contribution in [-0.4, -0.2) is 13.0 Å². The van der Waals surface area contributed by atoms with Crippen molar-refractivity contribution in [2.45, 2.75) is 12.3 Å². The lowest BCUT2D eigenvalue weighted by Gasteiger charge is -2.24. The Morgan fingerprint density at radius 3 is 2.65 bits per heavy atom. The van der Waals surface area contributed by atoms with Crippen LogP contribution in [0.4, 0.5) is 14.5 Å². The van der Waals surface area contributed by atoms with Crippen LogP contribution in [0.5, 0.6) is 5.75 Å². The molecule has 132 valence electrons. The lowest BCUT2D eigenvalue weighted by atomic mass is 9.88. The lowest BCUT2D eigenvalue weighted by Crippen LogP contribution is -2.23. The fourth-order valence-corrected chi connectivity index (χ4v) is 4.40. The van der Waals surface area contributed by atoms with Crippen LogP contribution in [-0.2, 0) is 4.79 Å². The van der Waals surface area contributed by atoms with Crippen LogP contribution in [0.1, 0.15) is 22.8 Å². The van der Waals surface area contributed by atoms with E-state index in [0.717, 1.165) is 27.8 Å². The van der Waals surface area contributed by atoms with Gasteiger partial charge in [0, 0.05) is 28.2 Å². The van der Waals surface area contributed by atoms with Gasteiger partial charge in [-0.2, -0.15) is 0 Å². The van der Waals surface area contributed by atoms with Crippen molar-refractivity contribution in [3.63, 3.8) is 0 Å². The van der Waals surface area contributed by atoms with Crippen LogP contribution in [0, 0.1) is 11.6 Å². The number of anilines is 1. The fraction of sp³-hybridized carbons (Fsp3) is 0.150. The summed E-state index contributed by atoms with van der Waals surface area (Å²) in [5, 5.41) is 4.83. The Hall–Kier alpha value is -2.73. The predicted octanol–water partition coefficient (Wildman–Crippen LogP) is 5.18. The molecule has 0 saturated carbocycles. The number of benzene rings is 2. The van der Waals surface area contributed by atoms with Gasteiger partial charge in [-0.25, -0.2) is 8.78 Å². The van der Waals surface area contributed by atoms with Crippen molar-refractivity contribution in [3.05, 3.63) is 69.9 Å². The summed E-state index contributed by atoms with van der Waals surface area (Å²) in [5.41, 5.74) is 2.67. The van der Waals surface area contributed by atoms with Gasteiger partial charge in [-0.15, -0.1) is 11.3 Å². The minimum atomic E-state index is -0.901. The van der Waals surface area contributed by atoms with E-state index in [0.29, 0.717) is 5.69 Å². The zero-order chi connectivity index (χ0) is 18.3. The number of rotatable bonds is 3. The number of amides is 1. The Morgan fingerprint density at radius 1 is 1.15 bits per heavy atom. The molecular weight excluding hydrogens is 356 g/mol. The maximum absolute atomic E-state index is 14.3. The quantitative estimate of drug-likeness (QED) is 0.689. The number of ether oxygens (including phenoxy) is 1. The van der Waals surface area contributed by atoms with Crippen molar-refractivity contribution >= 4 is 22.9 Å². The molecule has 0 spiro atoms. The molecule has 1 N–H and O–H groups in total. The first kappa shape index (κ1) is 16.7. The van der Waals surface area contributed by atoms with Crippen LogP contribution in [0.25, 0.3) is 11.1 Å². The van der Waals surface area contributed by atoms with E-state index >= 15 is 0 Å². The molecule has 2 heterocycles. The van der Waals surface area contributed by atoms with Crippen LogP contribution in [0.15, 0.2) is 47.8 Å². The highest BCUT2D eigenvalue weighted by Crippen LogP contribution is 2.47. The first-order valence-corrected chi connectivity index (χ1v) is 8.96. The largest absolute Gasteiger partial charge is 0.497 e. The molecule has 6 heteroatoms. The van der Waals surface area contributed by atoms with Gasteiger partial charge in [-0.3, -0.25) is 4.79 Å². The maximum Gasteiger partial charge on any atom is 0.225 e. The number of fused-ring (bicyclic) bond motifs is 1. The zero-order valence-corrected chi connectivity index (χ0v) is 14.7. The summed E-state index contributed by atoms with van der Waals surface area (Å²) in [6.07, 6.45) is 0.0932. The van der Waals surface area contributed by atoms with Crippen molar-refractivity contribution in [2.75, 3.05) is 12.4 Å². The number of carbonyl (C=O) groups excluding carboxylic acids is 1. The summed E-state index contributed by atoms with van der Waals surface area (Å²) in [7, 11) is 1.60. The fourth-order valence-electron chi connectivity index (χ4n) is 3.25. The summed E-state index contributed by atoms with van der Waals surface area (Å²) in [6, 6.07) is 11.6. The first-order chi connectivity index (χ1) is 12.6. The second-order valence-corrected chi connectivity index (χ2v) is 6.98. The van der Waals surface area contributed by atoms with Crippen LogP contribution < -0.4 is 10.1 Å². The Morgan fingerprint density at radius 2 is 1.92 bits per heavy atom. The van der Waals surface area contributed by atoms with Crippen LogP contribution >= 0.6 is 11.3 Å². The first-order valence-electron chi connectivity index (χ1n) is 8.08. The molecule has 1 aliphatic heterocycles. The van der Waals surface area contributed by atoms with Gasteiger partial charge in [0.1, 0.15) is 5.75 Å². The third kappa shape index (κ3) is 2.76. The minimum absolute atomic E-state index is 0.0932. The minimum Gasteiger partial charge on any atom is -0.497 e. The number of methoxy groups -OCH3 is 1. The Balaban J connectivity index is 1.81. The second-order valence-electron chi connectivity index (χ2n) is 6.07. The molecule has 2 aromatic carbocycles. The standard InChI is InChI=1S/C20H15F2NO2S/c1-25-12-7-5-11(6-8-12)15-10-26-20-14(9-17(24)23-19(15)20)13-3-2-4-16(21)18(13)22/h2-8,10,14H,9H2,1H3,(H,23,24)/t14-/m1/s1. The molecule has 3 aromatic rings. The van der Waals surface area contributed by atoms with E-state index in [9.17, 15) is 13.6 Å². The number of nitrogens with one attached hydrogen (secondary N) is 1. The van der Waals surface area contributed by atoms with Crippen molar-refractivity contribution in [1.82, 2.24) is 0 Å². The monoisotopic (exact) mass is 371 g/mol. The SMILES string of the molecule is COc1ccc(-c2csc3c2NC(=O)C[C@@H]3c2cccc(F)c2F)cc1. The average Bonchev–Trinajstić information content (AvgIpc) is 3.07.